The first kappa shape index (κ1) is 25.3. The van der Waals surface area contributed by atoms with Crippen LogP contribution >= 0.6 is 0 Å². The van der Waals surface area contributed by atoms with Gasteiger partial charge < -0.3 is 15.0 Å². The molecule has 0 bridgehead atoms. The maximum Gasteiger partial charge on any atom is 0.273 e. The number of nitrogens with one attached hydrogen (secondary N) is 1. The minimum absolute atomic E-state index is 0.0794. The van der Waals surface area contributed by atoms with Crippen molar-refractivity contribution < 1.29 is 14.3 Å². The molecule has 7 heteroatoms. The fourth-order valence-electron chi connectivity index (χ4n) is 5.34. The number of ether oxygens (including phenoxy) is 1. The molecule has 1 aromatic heterocycles. The first-order chi connectivity index (χ1) is 17.0. The van der Waals surface area contributed by atoms with Gasteiger partial charge in [-0.1, -0.05) is 57.6 Å². The predicted molar refractivity (Wildman–Crippen MR) is 137 cm³/mol. The van der Waals surface area contributed by atoms with Crippen molar-refractivity contribution in [3.05, 3.63) is 36.0 Å². The Hall–Kier alpha value is -2.83. The molecule has 2 amide bonds. The fourth-order valence-corrected chi connectivity index (χ4v) is 5.34. The van der Waals surface area contributed by atoms with Crippen LogP contribution in [0.15, 0.2) is 30.3 Å². The summed E-state index contributed by atoms with van der Waals surface area (Å²) in [6.45, 7) is 7.38. The SMILES string of the molecule is CCCCOc1ccccc1-c1cc2n(n1)CC(C)(C(=O)NC1CCCCCCC1)N(CC)C2=O. The summed E-state index contributed by atoms with van der Waals surface area (Å²) in [7, 11) is 0. The maximum atomic E-state index is 13.6. The topological polar surface area (TPSA) is 76.5 Å². The number of fused-ring (bicyclic) bond motifs is 1. The van der Waals surface area contributed by atoms with Crippen molar-refractivity contribution in [1.29, 1.82) is 0 Å². The predicted octanol–water partition coefficient (Wildman–Crippen LogP) is 5.19. The Morgan fingerprint density at radius 2 is 1.86 bits per heavy atom. The van der Waals surface area contributed by atoms with Gasteiger partial charge in [0.05, 0.1) is 18.8 Å². The summed E-state index contributed by atoms with van der Waals surface area (Å²) in [6.07, 6.45) is 10.1. The first-order valence-electron chi connectivity index (χ1n) is 13.4. The highest BCUT2D eigenvalue weighted by molar-refractivity contribution is 6.00. The summed E-state index contributed by atoms with van der Waals surface area (Å²) < 4.78 is 7.72. The van der Waals surface area contributed by atoms with Gasteiger partial charge in [-0.15, -0.1) is 0 Å². The number of aromatic nitrogens is 2. The van der Waals surface area contributed by atoms with Gasteiger partial charge >= 0.3 is 0 Å². The Labute approximate surface area is 209 Å². The lowest BCUT2D eigenvalue weighted by molar-refractivity contribution is -0.133. The number of amides is 2. The standard InChI is InChI=1S/C28H40N4O3/c1-4-6-18-35-25-17-13-12-16-22(25)23-19-24-26(33)31(5-2)28(3,20-32(24)30-23)27(34)29-21-14-10-8-7-9-11-15-21/h12-13,16-17,19,21H,4-11,14-15,18,20H2,1-3H3,(H,29,34). The van der Waals surface area contributed by atoms with Crippen molar-refractivity contribution in [2.24, 2.45) is 0 Å². The van der Waals surface area contributed by atoms with Crippen LogP contribution in [0.2, 0.25) is 0 Å². The summed E-state index contributed by atoms with van der Waals surface area (Å²) in [4.78, 5) is 28.9. The summed E-state index contributed by atoms with van der Waals surface area (Å²) in [5.74, 6) is 0.530. The Balaban J connectivity index is 1.59. The number of unbranched alkanes of at least 4 members (excludes halogenated alkanes) is 1. The third-order valence-electron chi connectivity index (χ3n) is 7.46. The van der Waals surface area contributed by atoms with Crippen LogP contribution in [0.1, 0.15) is 89.0 Å². The van der Waals surface area contributed by atoms with Crippen LogP contribution in [0, 0.1) is 0 Å². The van der Waals surface area contributed by atoms with Crippen LogP contribution in [0.4, 0.5) is 0 Å². The molecule has 1 aliphatic carbocycles. The lowest BCUT2D eigenvalue weighted by atomic mass is 9.92. The summed E-state index contributed by atoms with van der Waals surface area (Å²) in [5, 5.41) is 8.09. The minimum Gasteiger partial charge on any atom is -0.493 e. The zero-order valence-corrected chi connectivity index (χ0v) is 21.5. The molecule has 1 aromatic carbocycles. The second kappa shape index (κ2) is 11.3. The van der Waals surface area contributed by atoms with Gasteiger partial charge in [-0.3, -0.25) is 14.3 Å². The second-order valence-corrected chi connectivity index (χ2v) is 10.1. The van der Waals surface area contributed by atoms with Crippen LogP contribution in [0.25, 0.3) is 11.3 Å². The van der Waals surface area contributed by atoms with Crippen LogP contribution in [0.5, 0.6) is 5.75 Å². The number of carbonyl (C=O) groups excluding carboxylic acids is 2. The number of carbonyl (C=O) groups is 2. The van der Waals surface area contributed by atoms with Crippen LogP contribution in [-0.4, -0.2) is 51.2 Å². The number of rotatable bonds is 8. The van der Waals surface area contributed by atoms with Gasteiger partial charge in [0.25, 0.3) is 5.91 Å². The molecule has 0 saturated heterocycles. The number of likely N-dealkylation sites (N-methyl/N-ethyl adjacent to an activating group) is 1. The largest absolute Gasteiger partial charge is 0.493 e. The van der Waals surface area contributed by atoms with Crippen molar-refractivity contribution in [1.82, 2.24) is 20.0 Å². The molecule has 7 nitrogen and oxygen atoms in total. The van der Waals surface area contributed by atoms with Crippen molar-refractivity contribution in [2.45, 2.75) is 96.7 Å². The Morgan fingerprint density at radius 3 is 2.57 bits per heavy atom. The van der Waals surface area contributed by atoms with Crippen molar-refractivity contribution in [3.63, 3.8) is 0 Å². The molecule has 2 aliphatic rings. The van der Waals surface area contributed by atoms with E-state index in [-0.39, 0.29) is 17.9 Å². The van der Waals surface area contributed by atoms with E-state index in [1.54, 1.807) is 9.58 Å². The average Bonchev–Trinajstić information content (AvgIpc) is 3.25. The number of nitrogens with zero attached hydrogens (tertiary/aromatic N) is 3. The molecular weight excluding hydrogens is 440 g/mol. The minimum atomic E-state index is -0.984. The molecule has 2 aromatic rings. The molecule has 1 atom stereocenters. The Morgan fingerprint density at radius 1 is 1.14 bits per heavy atom. The van der Waals surface area contributed by atoms with Gasteiger partial charge in [-0.25, -0.2) is 0 Å². The van der Waals surface area contributed by atoms with E-state index < -0.39 is 5.54 Å². The molecule has 1 aliphatic heterocycles. The lowest BCUT2D eigenvalue weighted by Crippen LogP contribution is -2.65. The third kappa shape index (κ3) is 5.39. The van der Waals surface area contributed by atoms with E-state index in [4.69, 9.17) is 9.84 Å². The maximum absolute atomic E-state index is 13.6. The molecule has 1 fully saturated rings. The van der Waals surface area contributed by atoms with Gasteiger partial charge in [0.2, 0.25) is 5.91 Å². The molecule has 190 valence electrons. The molecule has 0 radical (unpaired) electrons. The van der Waals surface area contributed by atoms with Gasteiger partial charge in [0.1, 0.15) is 17.0 Å². The smallest absolute Gasteiger partial charge is 0.273 e. The zero-order valence-electron chi connectivity index (χ0n) is 21.5. The molecule has 35 heavy (non-hydrogen) atoms. The summed E-state index contributed by atoms with van der Waals surface area (Å²) >= 11 is 0. The highest BCUT2D eigenvalue weighted by atomic mass is 16.5. The van der Waals surface area contributed by atoms with Crippen LogP contribution in [-0.2, 0) is 11.3 Å². The Bertz CT molecular complexity index is 1020. The average molecular weight is 481 g/mol. The monoisotopic (exact) mass is 480 g/mol. The fraction of sp³-hybridized carbons (Fsp3) is 0.607. The van der Waals surface area contributed by atoms with Crippen molar-refractivity contribution >= 4 is 11.8 Å². The summed E-state index contributed by atoms with van der Waals surface area (Å²) in [5.41, 5.74) is 1.09. The molecule has 0 spiro atoms. The first-order valence-corrected chi connectivity index (χ1v) is 13.4. The van der Waals surface area contributed by atoms with E-state index in [0.29, 0.717) is 31.1 Å². The molecule has 1 saturated carbocycles. The van der Waals surface area contributed by atoms with Gasteiger partial charge in [-0.2, -0.15) is 5.10 Å². The van der Waals surface area contributed by atoms with Gasteiger partial charge in [-0.05, 0) is 51.3 Å². The molecule has 2 heterocycles. The van der Waals surface area contributed by atoms with E-state index in [1.807, 2.05) is 44.2 Å². The normalized spacial score (nSPS) is 21.2. The van der Waals surface area contributed by atoms with Crippen LogP contribution < -0.4 is 10.1 Å². The molecule has 1 unspecified atom stereocenters. The second-order valence-electron chi connectivity index (χ2n) is 10.1. The molecular formula is C28H40N4O3. The zero-order chi connectivity index (χ0) is 24.8. The quantitative estimate of drug-likeness (QED) is 0.528. The Kier molecular flexibility index (Phi) is 8.14. The molecule has 4 rings (SSSR count). The van der Waals surface area contributed by atoms with Crippen molar-refractivity contribution in [3.8, 4) is 17.0 Å². The highest BCUT2D eigenvalue weighted by Crippen LogP contribution is 2.34. The number of para-hydroxylation sites is 1. The van der Waals surface area contributed by atoms with Crippen molar-refractivity contribution in [2.75, 3.05) is 13.2 Å². The van der Waals surface area contributed by atoms with Gasteiger partial charge in [0, 0.05) is 18.2 Å². The number of benzene rings is 1. The van der Waals surface area contributed by atoms with E-state index in [0.717, 1.165) is 49.8 Å². The van der Waals surface area contributed by atoms with E-state index in [2.05, 4.69) is 12.2 Å². The van der Waals surface area contributed by atoms with E-state index in [1.165, 1.54) is 19.3 Å². The number of hydrogen-bond donors (Lipinski definition) is 1. The van der Waals surface area contributed by atoms with Gasteiger partial charge in [0.15, 0.2) is 0 Å². The van der Waals surface area contributed by atoms with E-state index >= 15 is 0 Å². The van der Waals surface area contributed by atoms with Crippen LogP contribution in [0.3, 0.4) is 0 Å². The lowest BCUT2D eigenvalue weighted by Gasteiger charge is -2.43. The van der Waals surface area contributed by atoms with E-state index in [9.17, 15) is 9.59 Å². The third-order valence-corrected chi connectivity index (χ3v) is 7.46. The summed E-state index contributed by atoms with van der Waals surface area (Å²) in [6, 6.07) is 9.82. The highest BCUT2D eigenvalue weighted by Gasteiger charge is 2.47. The molecule has 1 N–H and O–H groups in total. The number of hydrogen-bond acceptors (Lipinski definition) is 4.